The van der Waals surface area contributed by atoms with Gasteiger partial charge in [0.2, 0.25) is 11.8 Å². The normalized spacial score (nSPS) is 12.8. The lowest BCUT2D eigenvalue weighted by Gasteiger charge is -2.14. The average Bonchev–Trinajstić information content (AvgIpc) is 3.11. The van der Waals surface area contributed by atoms with E-state index in [2.05, 4.69) is 5.32 Å². The van der Waals surface area contributed by atoms with Crippen LogP contribution >= 0.6 is 11.6 Å². The Morgan fingerprint density at radius 2 is 2.07 bits per heavy atom. The van der Waals surface area contributed by atoms with Crippen LogP contribution in [0, 0.1) is 0 Å². The molecule has 0 aliphatic carbocycles. The molecule has 2 amide bonds. The zero-order valence-electron chi connectivity index (χ0n) is 16.6. The predicted octanol–water partition coefficient (Wildman–Crippen LogP) is 4.31. The van der Waals surface area contributed by atoms with Gasteiger partial charge >= 0.3 is 0 Å². The van der Waals surface area contributed by atoms with Gasteiger partial charge in [0.1, 0.15) is 0 Å². The maximum atomic E-state index is 12.3. The number of carbonyl (C=O) groups excluding carboxylic acids is 2. The summed E-state index contributed by atoms with van der Waals surface area (Å²) in [6, 6.07) is 9.03. The molecule has 0 atom stereocenters. The van der Waals surface area contributed by atoms with E-state index in [0.717, 1.165) is 23.2 Å². The second kappa shape index (κ2) is 9.01. The molecule has 7 heteroatoms. The van der Waals surface area contributed by atoms with Gasteiger partial charge in [0.15, 0.2) is 11.5 Å². The third kappa shape index (κ3) is 4.71. The van der Waals surface area contributed by atoms with Crippen molar-refractivity contribution in [2.24, 2.45) is 0 Å². The van der Waals surface area contributed by atoms with Gasteiger partial charge in [-0.1, -0.05) is 11.6 Å². The van der Waals surface area contributed by atoms with E-state index in [1.54, 1.807) is 36.1 Å². The molecule has 0 radical (unpaired) electrons. The number of hydrogen-bond donors (Lipinski definition) is 1. The average molecular weight is 415 g/mol. The fourth-order valence-corrected chi connectivity index (χ4v) is 3.56. The van der Waals surface area contributed by atoms with Crippen LogP contribution in [0.1, 0.15) is 25.0 Å². The van der Waals surface area contributed by atoms with Crippen molar-refractivity contribution in [1.82, 2.24) is 0 Å². The number of rotatable bonds is 6. The van der Waals surface area contributed by atoms with Crippen LogP contribution in [0.2, 0.25) is 5.02 Å². The van der Waals surface area contributed by atoms with Crippen LogP contribution in [0.25, 0.3) is 6.08 Å². The van der Waals surface area contributed by atoms with Gasteiger partial charge in [-0.05, 0) is 60.9 Å². The molecule has 152 valence electrons. The van der Waals surface area contributed by atoms with Crippen LogP contribution in [0.3, 0.4) is 0 Å². The van der Waals surface area contributed by atoms with E-state index in [-0.39, 0.29) is 11.8 Å². The molecule has 1 aliphatic rings. The van der Waals surface area contributed by atoms with E-state index >= 15 is 0 Å². The molecule has 0 aromatic heterocycles. The Balaban J connectivity index is 1.71. The number of fused-ring (bicyclic) bond motifs is 1. The molecule has 1 N–H and O–H groups in total. The lowest BCUT2D eigenvalue weighted by molar-refractivity contribution is -0.116. The molecule has 1 aliphatic heterocycles. The van der Waals surface area contributed by atoms with E-state index in [1.807, 2.05) is 19.1 Å². The minimum absolute atomic E-state index is 0.0212. The Hall–Kier alpha value is -2.99. The van der Waals surface area contributed by atoms with E-state index < -0.39 is 0 Å². The number of benzene rings is 2. The molecule has 0 unspecified atom stereocenters. The van der Waals surface area contributed by atoms with Crippen molar-refractivity contribution >= 4 is 40.9 Å². The van der Waals surface area contributed by atoms with Gasteiger partial charge in [-0.25, -0.2) is 0 Å². The first-order valence-electron chi connectivity index (χ1n) is 9.33. The number of ether oxygens (including phenoxy) is 2. The Morgan fingerprint density at radius 1 is 1.28 bits per heavy atom. The van der Waals surface area contributed by atoms with E-state index in [9.17, 15) is 9.59 Å². The quantitative estimate of drug-likeness (QED) is 0.715. The first-order chi connectivity index (χ1) is 13.9. The van der Waals surface area contributed by atoms with E-state index in [4.69, 9.17) is 21.1 Å². The number of hydrogen-bond acceptors (Lipinski definition) is 4. The number of halogens is 1. The second-order valence-corrected chi connectivity index (χ2v) is 6.96. The standard InChI is InChI=1S/C22H23ClN2O4/c1-4-29-22-18(23)11-15(12-20(22)28-3)5-8-21(27)24-17-6-7-19-16(13-17)9-10-25(19)14(2)26/h5-8,11-13H,4,9-10H2,1-3H3,(H,24,27)/b8-5+. The molecule has 0 spiro atoms. The molecule has 6 nitrogen and oxygen atoms in total. The lowest BCUT2D eigenvalue weighted by Crippen LogP contribution is -2.25. The maximum Gasteiger partial charge on any atom is 0.248 e. The van der Waals surface area contributed by atoms with Gasteiger partial charge < -0.3 is 19.7 Å². The van der Waals surface area contributed by atoms with Crippen LogP contribution in [0.15, 0.2) is 36.4 Å². The highest BCUT2D eigenvalue weighted by molar-refractivity contribution is 6.32. The molecule has 0 fully saturated rings. The summed E-state index contributed by atoms with van der Waals surface area (Å²) >= 11 is 6.26. The summed E-state index contributed by atoms with van der Waals surface area (Å²) in [5, 5.41) is 3.26. The summed E-state index contributed by atoms with van der Waals surface area (Å²) < 4.78 is 10.8. The van der Waals surface area contributed by atoms with Gasteiger partial charge in [0.25, 0.3) is 0 Å². The maximum absolute atomic E-state index is 12.3. The summed E-state index contributed by atoms with van der Waals surface area (Å²) in [7, 11) is 1.54. The van der Waals surface area contributed by atoms with Crippen molar-refractivity contribution in [3.05, 3.63) is 52.6 Å². The third-order valence-corrected chi connectivity index (χ3v) is 4.87. The van der Waals surface area contributed by atoms with Gasteiger partial charge in [-0.3, -0.25) is 9.59 Å². The molecule has 0 bridgehead atoms. The minimum atomic E-state index is -0.268. The molecule has 1 heterocycles. The highest BCUT2D eigenvalue weighted by Crippen LogP contribution is 2.36. The van der Waals surface area contributed by atoms with Gasteiger partial charge in [-0.2, -0.15) is 0 Å². The Bertz CT molecular complexity index is 972. The van der Waals surface area contributed by atoms with Crippen LogP contribution < -0.4 is 19.7 Å². The van der Waals surface area contributed by atoms with Gasteiger partial charge in [0.05, 0.1) is 18.7 Å². The smallest absolute Gasteiger partial charge is 0.248 e. The van der Waals surface area contributed by atoms with Crippen molar-refractivity contribution in [2.75, 3.05) is 30.5 Å². The van der Waals surface area contributed by atoms with Crippen molar-refractivity contribution in [2.45, 2.75) is 20.3 Å². The zero-order chi connectivity index (χ0) is 21.0. The number of nitrogens with one attached hydrogen (secondary N) is 1. The second-order valence-electron chi connectivity index (χ2n) is 6.55. The van der Waals surface area contributed by atoms with Crippen molar-refractivity contribution in [3.8, 4) is 11.5 Å². The monoisotopic (exact) mass is 414 g/mol. The molecular formula is C22H23ClN2O4. The van der Waals surface area contributed by atoms with Crippen LogP contribution in [0.4, 0.5) is 11.4 Å². The summed E-state index contributed by atoms with van der Waals surface area (Å²) in [6.45, 7) is 4.56. The van der Waals surface area contributed by atoms with Crippen molar-refractivity contribution in [3.63, 3.8) is 0 Å². The number of nitrogens with zero attached hydrogens (tertiary/aromatic N) is 1. The Labute approximate surface area is 175 Å². The van der Waals surface area contributed by atoms with E-state index in [1.165, 1.54) is 13.2 Å². The largest absolute Gasteiger partial charge is 0.493 e. The Morgan fingerprint density at radius 3 is 2.76 bits per heavy atom. The van der Waals surface area contributed by atoms with Gasteiger partial charge in [0, 0.05) is 30.9 Å². The van der Waals surface area contributed by atoms with Crippen LogP contribution in [-0.2, 0) is 16.0 Å². The van der Waals surface area contributed by atoms with Crippen molar-refractivity contribution in [1.29, 1.82) is 0 Å². The molecule has 0 saturated heterocycles. The molecule has 2 aromatic rings. The first kappa shape index (κ1) is 20.7. The molecule has 2 aromatic carbocycles. The summed E-state index contributed by atoms with van der Waals surface area (Å²) in [5.74, 6) is 0.743. The van der Waals surface area contributed by atoms with Crippen LogP contribution in [0.5, 0.6) is 11.5 Å². The van der Waals surface area contributed by atoms with Crippen LogP contribution in [-0.4, -0.2) is 32.1 Å². The molecule has 3 rings (SSSR count). The molecular weight excluding hydrogens is 392 g/mol. The summed E-state index contributed by atoms with van der Waals surface area (Å²) in [6.07, 6.45) is 3.86. The number of anilines is 2. The Kier molecular flexibility index (Phi) is 6.44. The lowest BCUT2D eigenvalue weighted by atomic mass is 10.1. The number of methoxy groups -OCH3 is 1. The van der Waals surface area contributed by atoms with Gasteiger partial charge in [-0.15, -0.1) is 0 Å². The summed E-state index contributed by atoms with van der Waals surface area (Å²) in [5.41, 5.74) is 3.36. The number of amides is 2. The topological polar surface area (TPSA) is 67.9 Å². The van der Waals surface area contributed by atoms with E-state index in [0.29, 0.717) is 35.4 Å². The molecule has 0 saturated carbocycles. The third-order valence-electron chi connectivity index (χ3n) is 4.59. The highest BCUT2D eigenvalue weighted by Gasteiger charge is 2.22. The fraction of sp³-hybridized carbons (Fsp3) is 0.273. The first-order valence-corrected chi connectivity index (χ1v) is 9.71. The molecule has 29 heavy (non-hydrogen) atoms. The zero-order valence-corrected chi connectivity index (χ0v) is 17.4. The highest BCUT2D eigenvalue weighted by atomic mass is 35.5. The van der Waals surface area contributed by atoms with Crippen molar-refractivity contribution < 1.29 is 19.1 Å². The fourth-order valence-electron chi connectivity index (χ4n) is 3.28. The predicted molar refractivity (Wildman–Crippen MR) is 115 cm³/mol. The summed E-state index contributed by atoms with van der Waals surface area (Å²) in [4.78, 5) is 25.7. The SMILES string of the molecule is CCOc1c(Cl)cc(/C=C/C(=O)Nc2ccc3c(c2)CCN3C(C)=O)cc1OC. The number of carbonyl (C=O) groups is 2. The minimum Gasteiger partial charge on any atom is -0.493 e.